The molecule has 24 heavy (non-hydrogen) atoms. The van der Waals surface area contributed by atoms with Gasteiger partial charge in [-0.3, -0.25) is 4.79 Å². The molecule has 0 spiro atoms. The first-order chi connectivity index (χ1) is 11.5. The molecule has 4 atom stereocenters. The van der Waals surface area contributed by atoms with Crippen molar-refractivity contribution in [1.29, 1.82) is 0 Å². The number of esters is 1. The van der Waals surface area contributed by atoms with Gasteiger partial charge >= 0.3 is 5.97 Å². The fourth-order valence-corrected chi connectivity index (χ4v) is 7.22. The zero-order chi connectivity index (χ0) is 16.4. The third-order valence-electron chi connectivity index (χ3n) is 6.09. The van der Waals surface area contributed by atoms with Gasteiger partial charge in [-0.25, -0.2) is 4.98 Å². The molecule has 0 radical (unpaired) electrons. The van der Waals surface area contributed by atoms with Crippen LogP contribution in [0.25, 0.3) is 10.2 Å². The van der Waals surface area contributed by atoms with Gasteiger partial charge in [-0.05, 0) is 62.5 Å². The summed E-state index contributed by atoms with van der Waals surface area (Å²) in [6.45, 7) is 0.282. The molecule has 2 unspecified atom stereocenters. The standard InChI is InChI=1S/C19H20ClNO2S/c20-19-8-12-5-13(9-19)7-18(6-12,11-19)17(22)23-10-16-21-14-3-1-2-4-15(14)24-16/h1-4,12-13H,5-11H2/t12-,13+,18?,19?. The first-order valence-corrected chi connectivity index (χ1v) is 9.94. The first-order valence-electron chi connectivity index (χ1n) is 8.74. The van der Waals surface area contributed by atoms with Gasteiger partial charge in [0.15, 0.2) is 0 Å². The van der Waals surface area contributed by atoms with Crippen LogP contribution < -0.4 is 0 Å². The Bertz CT molecular complexity index is 770. The summed E-state index contributed by atoms with van der Waals surface area (Å²) in [6.07, 6.45) is 6.15. The van der Waals surface area contributed by atoms with Crippen molar-refractivity contribution in [2.45, 2.75) is 50.0 Å². The molecular formula is C19H20ClNO2S. The van der Waals surface area contributed by atoms with Crippen molar-refractivity contribution < 1.29 is 9.53 Å². The van der Waals surface area contributed by atoms with E-state index in [-0.39, 0.29) is 22.9 Å². The number of benzene rings is 1. The number of carbonyl (C=O) groups excluding carboxylic acids is 1. The third-order valence-corrected chi connectivity index (χ3v) is 7.54. The highest BCUT2D eigenvalue weighted by molar-refractivity contribution is 7.18. The van der Waals surface area contributed by atoms with Gasteiger partial charge in [0, 0.05) is 4.87 Å². The van der Waals surface area contributed by atoms with Crippen molar-refractivity contribution in [1.82, 2.24) is 4.98 Å². The minimum absolute atomic E-state index is 0.0409. The monoisotopic (exact) mass is 361 g/mol. The van der Waals surface area contributed by atoms with Crippen LogP contribution in [0.2, 0.25) is 0 Å². The summed E-state index contributed by atoms with van der Waals surface area (Å²) in [6, 6.07) is 8.03. The Kier molecular flexibility index (Phi) is 3.27. The average molecular weight is 362 g/mol. The number of ether oxygens (including phenoxy) is 1. The van der Waals surface area contributed by atoms with Gasteiger partial charge in [0.2, 0.25) is 0 Å². The van der Waals surface area contributed by atoms with Crippen molar-refractivity contribution in [3.63, 3.8) is 0 Å². The van der Waals surface area contributed by atoms with Gasteiger partial charge in [-0.15, -0.1) is 22.9 Å². The molecule has 3 nitrogen and oxygen atoms in total. The van der Waals surface area contributed by atoms with E-state index < -0.39 is 0 Å². The van der Waals surface area contributed by atoms with Gasteiger partial charge < -0.3 is 4.74 Å². The Labute approximate surface area is 150 Å². The van der Waals surface area contributed by atoms with E-state index in [0.29, 0.717) is 11.8 Å². The molecule has 6 rings (SSSR count). The normalized spacial score (nSPS) is 37.0. The number of thiazole rings is 1. The molecule has 0 amide bonds. The number of alkyl halides is 1. The molecular weight excluding hydrogens is 342 g/mol. The van der Waals surface area contributed by atoms with E-state index in [4.69, 9.17) is 16.3 Å². The average Bonchev–Trinajstić information content (AvgIpc) is 2.93. The maximum absolute atomic E-state index is 12.9. The molecule has 1 aromatic carbocycles. The second kappa shape index (κ2) is 5.18. The van der Waals surface area contributed by atoms with E-state index in [9.17, 15) is 4.79 Å². The molecule has 0 N–H and O–H groups in total. The number of hydrogen-bond donors (Lipinski definition) is 0. The van der Waals surface area contributed by atoms with E-state index in [1.807, 2.05) is 18.2 Å². The number of fused-ring (bicyclic) bond motifs is 1. The number of rotatable bonds is 3. The van der Waals surface area contributed by atoms with Crippen LogP contribution in [0.3, 0.4) is 0 Å². The fraction of sp³-hybridized carbons (Fsp3) is 0.579. The quantitative estimate of drug-likeness (QED) is 0.575. The van der Waals surface area contributed by atoms with Crippen LogP contribution in [-0.2, 0) is 16.1 Å². The maximum Gasteiger partial charge on any atom is 0.312 e. The van der Waals surface area contributed by atoms with Crippen molar-refractivity contribution in [2.24, 2.45) is 17.3 Å². The van der Waals surface area contributed by atoms with Crippen LogP contribution in [0.5, 0.6) is 0 Å². The Morgan fingerprint density at radius 1 is 1.25 bits per heavy atom. The molecule has 2 aromatic rings. The highest BCUT2D eigenvalue weighted by atomic mass is 35.5. The molecule has 126 valence electrons. The van der Waals surface area contributed by atoms with E-state index in [1.54, 1.807) is 11.3 Å². The molecule has 4 saturated carbocycles. The number of nitrogens with zero attached hydrogens (tertiary/aromatic N) is 1. The zero-order valence-corrected chi connectivity index (χ0v) is 15.0. The van der Waals surface area contributed by atoms with Crippen LogP contribution >= 0.6 is 22.9 Å². The summed E-state index contributed by atoms with van der Waals surface area (Å²) < 4.78 is 6.87. The SMILES string of the molecule is O=C(OCc1nc2ccccc2s1)C12C[C@@H]3C[C@@H](CC(Cl)(C3)C1)C2. The second-order valence-corrected chi connectivity index (χ2v) is 9.96. The molecule has 4 fully saturated rings. The topological polar surface area (TPSA) is 39.2 Å². The molecule has 5 heteroatoms. The molecule has 1 heterocycles. The number of para-hydroxylation sites is 1. The Hall–Kier alpha value is -1.13. The molecule has 4 aliphatic carbocycles. The zero-order valence-electron chi connectivity index (χ0n) is 13.5. The van der Waals surface area contributed by atoms with Crippen LogP contribution in [0, 0.1) is 17.3 Å². The van der Waals surface area contributed by atoms with E-state index in [1.165, 1.54) is 6.42 Å². The van der Waals surface area contributed by atoms with E-state index >= 15 is 0 Å². The van der Waals surface area contributed by atoms with Gasteiger partial charge in [0.1, 0.15) is 11.6 Å². The predicted molar refractivity (Wildman–Crippen MR) is 95.1 cm³/mol. The lowest BCUT2D eigenvalue weighted by atomic mass is 9.49. The first kappa shape index (κ1) is 15.2. The highest BCUT2D eigenvalue weighted by Crippen LogP contribution is 2.64. The fourth-order valence-electron chi connectivity index (χ4n) is 5.65. The highest BCUT2D eigenvalue weighted by Gasteiger charge is 2.60. The maximum atomic E-state index is 12.9. The minimum Gasteiger partial charge on any atom is -0.458 e. The molecule has 0 aliphatic heterocycles. The Balaban J connectivity index is 1.33. The summed E-state index contributed by atoms with van der Waals surface area (Å²) in [5.74, 6) is 1.18. The number of aromatic nitrogens is 1. The smallest absolute Gasteiger partial charge is 0.312 e. The predicted octanol–water partition coefficient (Wildman–Crippen LogP) is 4.92. The number of hydrogen-bond acceptors (Lipinski definition) is 4. The minimum atomic E-state index is -0.331. The Morgan fingerprint density at radius 3 is 2.71 bits per heavy atom. The van der Waals surface area contributed by atoms with Crippen molar-refractivity contribution in [3.8, 4) is 0 Å². The summed E-state index contributed by atoms with van der Waals surface area (Å²) in [5.41, 5.74) is 0.644. The lowest BCUT2D eigenvalue weighted by Gasteiger charge is -2.58. The van der Waals surface area contributed by atoms with Gasteiger partial charge in [-0.2, -0.15) is 0 Å². The third kappa shape index (κ3) is 2.38. The van der Waals surface area contributed by atoms with Gasteiger partial charge in [-0.1, -0.05) is 12.1 Å². The Morgan fingerprint density at radius 2 is 2.00 bits per heavy atom. The van der Waals surface area contributed by atoms with Crippen molar-refractivity contribution in [3.05, 3.63) is 29.3 Å². The summed E-state index contributed by atoms with van der Waals surface area (Å²) in [7, 11) is 0. The largest absolute Gasteiger partial charge is 0.458 e. The van der Waals surface area contributed by atoms with Crippen LogP contribution in [-0.4, -0.2) is 15.8 Å². The lowest BCUT2D eigenvalue weighted by Crippen LogP contribution is -2.56. The van der Waals surface area contributed by atoms with Gasteiger partial charge in [0.25, 0.3) is 0 Å². The second-order valence-electron chi connectivity index (χ2n) is 8.04. The summed E-state index contributed by atoms with van der Waals surface area (Å²) >= 11 is 8.42. The molecule has 4 bridgehead atoms. The van der Waals surface area contributed by atoms with E-state index in [0.717, 1.165) is 47.3 Å². The number of carbonyl (C=O) groups is 1. The summed E-state index contributed by atoms with van der Waals surface area (Å²) in [4.78, 5) is 17.3. The van der Waals surface area contributed by atoms with Crippen molar-refractivity contribution >= 4 is 39.1 Å². The molecule has 4 aliphatic rings. The van der Waals surface area contributed by atoms with Gasteiger partial charge in [0.05, 0.1) is 15.6 Å². The van der Waals surface area contributed by atoms with E-state index in [2.05, 4.69) is 11.1 Å². The number of halogens is 1. The molecule has 1 aromatic heterocycles. The van der Waals surface area contributed by atoms with Crippen LogP contribution in [0.1, 0.15) is 43.5 Å². The summed E-state index contributed by atoms with van der Waals surface area (Å²) in [5, 5.41) is 0.870. The molecule has 0 saturated heterocycles. The van der Waals surface area contributed by atoms with Crippen LogP contribution in [0.15, 0.2) is 24.3 Å². The lowest BCUT2D eigenvalue weighted by molar-refractivity contribution is -0.171. The van der Waals surface area contributed by atoms with Crippen molar-refractivity contribution in [2.75, 3.05) is 0 Å². The van der Waals surface area contributed by atoms with Crippen LogP contribution in [0.4, 0.5) is 0 Å².